The summed E-state index contributed by atoms with van der Waals surface area (Å²) in [5.74, 6) is 1.05. The molecule has 1 heterocycles. The molecule has 4 heteroatoms. The van der Waals surface area contributed by atoms with Crippen molar-refractivity contribution in [2.75, 3.05) is 38.8 Å². The molecule has 0 spiro atoms. The summed E-state index contributed by atoms with van der Waals surface area (Å²) in [7, 11) is 3.69. The molecule has 4 nitrogen and oxygen atoms in total. The highest BCUT2D eigenvalue weighted by molar-refractivity contribution is 5.48. The van der Waals surface area contributed by atoms with Crippen LogP contribution in [0.25, 0.3) is 0 Å². The average molecular weight is 237 g/mol. The van der Waals surface area contributed by atoms with E-state index in [1.165, 1.54) is 5.56 Å². The van der Waals surface area contributed by atoms with Crippen molar-refractivity contribution in [2.24, 2.45) is 0 Å². The number of pyridine rings is 1. The molecule has 1 aromatic heterocycles. The van der Waals surface area contributed by atoms with Crippen LogP contribution in [0.4, 0.5) is 5.82 Å². The van der Waals surface area contributed by atoms with E-state index in [1.807, 2.05) is 19.3 Å². The van der Waals surface area contributed by atoms with E-state index in [9.17, 15) is 0 Å². The van der Waals surface area contributed by atoms with Gasteiger partial charge in [-0.05, 0) is 27.0 Å². The number of rotatable bonds is 7. The van der Waals surface area contributed by atoms with Gasteiger partial charge in [0.15, 0.2) is 0 Å². The summed E-state index contributed by atoms with van der Waals surface area (Å²) < 4.78 is 5.14. The highest BCUT2D eigenvalue weighted by Crippen LogP contribution is 2.23. The number of hydrogen-bond acceptors (Lipinski definition) is 4. The van der Waals surface area contributed by atoms with Crippen LogP contribution in [0.15, 0.2) is 18.3 Å². The highest BCUT2D eigenvalue weighted by atomic mass is 16.5. The van der Waals surface area contributed by atoms with Gasteiger partial charge >= 0.3 is 0 Å². The molecule has 0 aliphatic heterocycles. The monoisotopic (exact) mass is 237 g/mol. The predicted molar refractivity (Wildman–Crippen MR) is 71.5 cm³/mol. The van der Waals surface area contributed by atoms with Gasteiger partial charge in [0, 0.05) is 38.0 Å². The minimum Gasteiger partial charge on any atom is -0.383 e. The number of ether oxygens (including phenoxy) is 1. The van der Waals surface area contributed by atoms with Gasteiger partial charge in [0.2, 0.25) is 0 Å². The molecule has 1 rings (SSSR count). The summed E-state index contributed by atoms with van der Waals surface area (Å²) >= 11 is 0. The first-order chi connectivity index (χ1) is 8.24. The van der Waals surface area contributed by atoms with Crippen LogP contribution in [0.1, 0.15) is 25.5 Å². The third-order valence-corrected chi connectivity index (χ3v) is 2.96. The second kappa shape index (κ2) is 7.25. The summed E-state index contributed by atoms with van der Waals surface area (Å²) in [4.78, 5) is 6.74. The summed E-state index contributed by atoms with van der Waals surface area (Å²) in [6.45, 7) is 6.80. The van der Waals surface area contributed by atoms with E-state index in [2.05, 4.69) is 35.1 Å². The van der Waals surface area contributed by atoms with Crippen LogP contribution < -0.4 is 10.2 Å². The lowest BCUT2D eigenvalue weighted by molar-refractivity contribution is 0.205. The number of nitrogens with one attached hydrogen (secondary N) is 1. The van der Waals surface area contributed by atoms with Gasteiger partial charge in [0.05, 0.1) is 6.61 Å². The summed E-state index contributed by atoms with van der Waals surface area (Å²) in [6, 6.07) is 4.41. The number of likely N-dealkylation sites (N-methyl/N-ethyl adjacent to an activating group) is 1. The van der Waals surface area contributed by atoms with Crippen LogP contribution in [0, 0.1) is 0 Å². The molecule has 17 heavy (non-hydrogen) atoms. The molecule has 0 amide bonds. The number of methoxy groups -OCH3 is 1. The molecule has 0 saturated carbocycles. The van der Waals surface area contributed by atoms with Crippen molar-refractivity contribution in [3.8, 4) is 0 Å². The van der Waals surface area contributed by atoms with Gasteiger partial charge in [0.1, 0.15) is 5.82 Å². The highest BCUT2D eigenvalue weighted by Gasteiger charge is 2.14. The molecule has 1 unspecified atom stereocenters. The van der Waals surface area contributed by atoms with Gasteiger partial charge in [-0.25, -0.2) is 4.98 Å². The van der Waals surface area contributed by atoms with E-state index >= 15 is 0 Å². The van der Waals surface area contributed by atoms with E-state index < -0.39 is 0 Å². The lowest BCUT2D eigenvalue weighted by Gasteiger charge is -2.26. The van der Waals surface area contributed by atoms with Crippen LogP contribution in [-0.2, 0) is 4.74 Å². The smallest absolute Gasteiger partial charge is 0.133 e. The summed E-state index contributed by atoms with van der Waals surface area (Å²) in [6.07, 6.45) is 1.84. The second-order valence-corrected chi connectivity index (χ2v) is 4.00. The van der Waals surface area contributed by atoms with Gasteiger partial charge in [-0.1, -0.05) is 6.07 Å². The molecule has 96 valence electrons. The van der Waals surface area contributed by atoms with E-state index in [4.69, 9.17) is 4.74 Å². The fourth-order valence-electron chi connectivity index (χ4n) is 1.78. The maximum Gasteiger partial charge on any atom is 0.133 e. The minimum absolute atomic E-state index is 0.301. The zero-order chi connectivity index (χ0) is 12.7. The third kappa shape index (κ3) is 3.68. The zero-order valence-electron chi connectivity index (χ0n) is 11.2. The summed E-state index contributed by atoms with van der Waals surface area (Å²) in [5, 5.41) is 3.26. The molecular weight excluding hydrogens is 214 g/mol. The van der Waals surface area contributed by atoms with Gasteiger partial charge in [-0.3, -0.25) is 0 Å². The fourth-order valence-corrected chi connectivity index (χ4v) is 1.78. The third-order valence-electron chi connectivity index (χ3n) is 2.96. The lowest BCUT2D eigenvalue weighted by atomic mass is 10.1. The summed E-state index contributed by atoms with van der Waals surface area (Å²) in [5.41, 5.74) is 1.23. The Hall–Kier alpha value is -1.13. The van der Waals surface area contributed by atoms with Crippen LogP contribution in [0.2, 0.25) is 0 Å². The Labute approximate surface area is 104 Å². The van der Waals surface area contributed by atoms with E-state index in [1.54, 1.807) is 7.11 Å². The molecule has 1 aromatic rings. The van der Waals surface area contributed by atoms with Crippen molar-refractivity contribution in [1.82, 2.24) is 10.3 Å². The SMILES string of the molecule is CCN(CCOC)c1ncccc1C(C)NC. The van der Waals surface area contributed by atoms with Crippen LogP contribution >= 0.6 is 0 Å². The predicted octanol–water partition coefficient (Wildman–Crippen LogP) is 1.83. The van der Waals surface area contributed by atoms with Crippen molar-refractivity contribution in [3.05, 3.63) is 23.9 Å². The van der Waals surface area contributed by atoms with Crippen LogP contribution in [-0.4, -0.2) is 38.8 Å². The first-order valence-corrected chi connectivity index (χ1v) is 6.10. The van der Waals surface area contributed by atoms with E-state index in [-0.39, 0.29) is 0 Å². The van der Waals surface area contributed by atoms with Gasteiger partial charge in [0.25, 0.3) is 0 Å². The number of hydrogen-bond donors (Lipinski definition) is 1. The Kier molecular flexibility index (Phi) is 5.94. The average Bonchev–Trinajstić information content (AvgIpc) is 2.39. The maximum absolute atomic E-state index is 5.14. The zero-order valence-corrected chi connectivity index (χ0v) is 11.2. The van der Waals surface area contributed by atoms with E-state index in [0.717, 1.165) is 25.5 Å². The molecule has 0 aromatic carbocycles. The Morgan fingerprint density at radius 3 is 2.88 bits per heavy atom. The standard InChI is InChI=1S/C13H23N3O/c1-5-16(9-10-17-4)13-12(11(2)14-3)7-6-8-15-13/h6-8,11,14H,5,9-10H2,1-4H3. The first-order valence-electron chi connectivity index (χ1n) is 6.10. The molecule has 0 radical (unpaired) electrons. The Morgan fingerprint density at radius 2 is 2.29 bits per heavy atom. The van der Waals surface area contributed by atoms with Gasteiger partial charge < -0.3 is 15.0 Å². The first kappa shape index (κ1) is 13.9. The van der Waals surface area contributed by atoms with Crippen LogP contribution in [0.5, 0.6) is 0 Å². The topological polar surface area (TPSA) is 37.4 Å². The lowest BCUT2D eigenvalue weighted by Crippen LogP contribution is -2.30. The van der Waals surface area contributed by atoms with Crippen molar-refractivity contribution in [3.63, 3.8) is 0 Å². The van der Waals surface area contributed by atoms with Gasteiger partial charge in [-0.2, -0.15) is 0 Å². The van der Waals surface area contributed by atoms with Crippen LogP contribution in [0.3, 0.4) is 0 Å². The number of nitrogens with zero attached hydrogens (tertiary/aromatic N) is 2. The normalized spacial score (nSPS) is 12.5. The Morgan fingerprint density at radius 1 is 1.53 bits per heavy atom. The fraction of sp³-hybridized carbons (Fsp3) is 0.615. The molecule has 0 fully saturated rings. The molecular formula is C13H23N3O. The quantitative estimate of drug-likeness (QED) is 0.785. The number of aromatic nitrogens is 1. The second-order valence-electron chi connectivity index (χ2n) is 4.00. The van der Waals surface area contributed by atoms with Crippen molar-refractivity contribution in [1.29, 1.82) is 0 Å². The minimum atomic E-state index is 0.301. The molecule has 1 N–H and O–H groups in total. The molecule has 0 aliphatic rings. The maximum atomic E-state index is 5.14. The van der Waals surface area contributed by atoms with Crippen molar-refractivity contribution < 1.29 is 4.74 Å². The molecule has 0 bridgehead atoms. The molecule has 1 atom stereocenters. The number of anilines is 1. The van der Waals surface area contributed by atoms with Gasteiger partial charge in [-0.15, -0.1) is 0 Å². The van der Waals surface area contributed by atoms with Crippen molar-refractivity contribution >= 4 is 5.82 Å². The Bertz CT molecular complexity index is 330. The van der Waals surface area contributed by atoms with Crippen molar-refractivity contribution in [2.45, 2.75) is 19.9 Å². The molecule has 0 saturated heterocycles. The Balaban J connectivity index is 2.93. The van der Waals surface area contributed by atoms with E-state index in [0.29, 0.717) is 6.04 Å². The largest absolute Gasteiger partial charge is 0.383 e. The molecule has 0 aliphatic carbocycles.